The SMILES string of the molecule is OC(CC1CCCCO1)c1cccc(Br)c1F. The summed E-state index contributed by atoms with van der Waals surface area (Å²) in [5.74, 6) is -0.379. The monoisotopic (exact) mass is 302 g/mol. The van der Waals surface area contributed by atoms with E-state index in [4.69, 9.17) is 4.74 Å². The molecule has 2 rings (SSSR count). The van der Waals surface area contributed by atoms with Crippen molar-refractivity contribution in [3.8, 4) is 0 Å². The maximum Gasteiger partial charge on any atom is 0.143 e. The van der Waals surface area contributed by atoms with E-state index in [1.165, 1.54) is 0 Å². The summed E-state index contributed by atoms with van der Waals surface area (Å²) in [4.78, 5) is 0. The van der Waals surface area contributed by atoms with E-state index in [1.807, 2.05) is 0 Å². The van der Waals surface area contributed by atoms with Crippen molar-refractivity contribution in [3.63, 3.8) is 0 Å². The molecular weight excluding hydrogens is 287 g/mol. The molecule has 2 atom stereocenters. The first-order valence-corrected chi connectivity index (χ1v) is 6.71. The van der Waals surface area contributed by atoms with Crippen molar-refractivity contribution in [2.75, 3.05) is 6.61 Å². The molecule has 1 aromatic rings. The molecule has 1 fully saturated rings. The Morgan fingerprint density at radius 1 is 1.47 bits per heavy atom. The smallest absolute Gasteiger partial charge is 0.143 e. The molecule has 0 aliphatic carbocycles. The first-order valence-electron chi connectivity index (χ1n) is 5.92. The van der Waals surface area contributed by atoms with Crippen LogP contribution in [0.25, 0.3) is 0 Å². The number of aliphatic hydroxyl groups is 1. The molecule has 17 heavy (non-hydrogen) atoms. The molecule has 0 aromatic heterocycles. The van der Waals surface area contributed by atoms with Gasteiger partial charge in [-0.05, 0) is 41.3 Å². The maximum absolute atomic E-state index is 13.8. The number of ether oxygens (including phenoxy) is 1. The van der Waals surface area contributed by atoms with Gasteiger partial charge in [-0.25, -0.2) is 4.39 Å². The lowest BCUT2D eigenvalue weighted by atomic mass is 9.98. The van der Waals surface area contributed by atoms with Gasteiger partial charge < -0.3 is 9.84 Å². The quantitative estimate of drug-likeness (QED) is 0.925. The molecule has 1 N–H and O–H groups in total. The summed E-state index contributed by atoms with van der Waals surface area (Å²) in [6.45, 7) is 0.748. The molecule has 1 saturated heterocycles. The molecule has 0 bridgehead atoms. The van der Waals surface area contributed by atoms with Gasteiger partial charge in [0, 0.05) is 18.6 Å². The predicted molar refractivity (Wildman–Crippen MR) is 67.3 cm³/mol. The summed E-state index contributed by atoms with van der Waals surface area (Å²) in [5, 5.41) is 10.0. The van der Waals surface area contributed by atoms with Crippen molar-refractivity contribution in [1.29, 1.82) is 0 Å². The Balaban J connectivity index is 2.03. The molecule has 1 heterocycles. The molecule has 4 heteroatoms. The zero-order chi connectivity index (χ0) is 12.3. The molecule has 1 aromatic carbocycles. The Labute approximate surface area is 109 Å². The van der Waals surface area contributed by atoms with Crippen LogP contribution in [0.4, 0.5) is 4.39 Å². The van der Waals surface area contributed by atoms with E-state index >= 15 is 0 Å². The lowest BCUT2D eigenvalue weighted by molar-refractivity contribution is -0.0161. The maximum atomic E-state index is 13.8. The standard InChI is InChI=1S/C13H16BrFO2/c14-11-6-3-5-10(13(11)15)12(16)8-9-4-1-2-7-17-9/h3,5-6,9,12,16H,1-2,4,7-8H2. The molecule has 1 aliphatic heterocycles. The van der Waals surface area contributed by atoms with E-state index in [0.29, 0.717) is 16.5 Å². The average Bonchev–Trinajstić information content (AvgIpc) is 2.34. The second-order valence-electron chi connectivity index (χ2n) is 4.38. The van der Waals surface area contributed by atoms with Crippen LogP contribution in [-0.2, 0) is 4.74 Å². The Bertz CT molecular complexity index is 378. The van der Waals surface area contributed by atoms with E-state index in [2.05, 4.69) is 15.9 Å². The van der Waals surface area contributed by atoms with Crippen molar-refractivity contribution in [2.24, 2.45) is 0 Å². The van der Waals surface area contributed by atoms with Crippen molar-refractivity contribution in [1.82, 2.24) is 0 Å². The van der Waals surface area contributed by atoms with Crippen LogP contribution in [0.2, 0.25) is 0 Å². The Hall–Kier alpha value is -0.450. The van der Waals surface area contributed by atoms with E-state index in [0.717, 1.165) is 25.9 Å². The molecular formula is C13H16BrFO2. The van der Waals surface area contributed by atoms with Crippen LogP contribution in [0.5, 0.6) is 0 Å². The molecule has 2 unspecified atom stereocenters. The number of benzene rings is 1. The molecule has 0 amide bonds. The topological polar surface area (TPSA) is 29.5 Å². The first kappa shape index (κ1) is 13.0. The van der Waals surface area contributed by atoms with Crippen LogP contribution in [0.15, 0.2) is 22.7 Å². The number of aliphatic hydroxyl groups excluding tert-OH is 1. The predicted octanol–water partition coefficient (Wildman–Crippen LogP) is 3.58. The Morgan fingerprint density at radius 2 is 2.29 bits per heavy atom. The van der Waals surface area contributed by atoms with Crippen LogP contribution in [0, 0.1) is 5.82 Å². The highest BCUT2D eigenvalue weighted by atomic mass is 79.9. The van der Waals surface area contributed by atoms with Gasteiger partial charge in [-0.3, -0.25) is 0 Å². The second kappa shape index (κ2) is 5.94. The van der Waals surface area contributed by atoms with Gasteiger partial charge in [0.2, 0.25) is 0 Å². The average molecular weight is 303 g/mol. The second-order valence-corrected chi connectivity index (χ2v) is 5.24. The lowest BCUT2D eigenvalue weighted by Gasteiger charge is -2.25. The van der Waals surface area contributed by atoms with E-state index < -0.39 is 6.10 Å². The van der Waals surface area contributed by atoms with Crippen molar-refractivity contribution in [3.05, 3.63) is 34.1 Å². The number of rotatable bonds is 3. The third kappa shape index (κ3) is 3.27. The fourth-order valence-corrected chi connectivity index (χ4v) is 2.53. The van der Waals surface area contributed by atoms with Gasteiger partial charge in [0.25, 0.3) is 0 Å². The number of halogens is 2. The van der Waals surface area contributed by atoms with Gasteiger partial charge in [-0.15, -0.1) is 0 Å². The fourth-order valence-electron chi connectivity index (χ4n) is 2.15. The largest absolute Gasteiger partial charge is 0.388 e. The number of hydrogen-bond donors (Lipinski definition) is 1. The molecule has 2 nitrogen and oxygen atoms in total. The van der Waals surface area contributed by atoms with Gasteiger partial charge in [0.15, 0.2) is 0 Å². The molecule has 0 radical (unpaired) electrons. The minimum absolute atomic E-state index is 0.0529. The fraction of sp³-hybridized carbons (Fsp3) is 0.538. The van der Waals surface area contributed by atoms with Crippen LogP contribution < -0.4 is 0 Å². The molecule has 0 spiro atoms. The van der Waals surface area contributed by atoms with Crippen molar-refractivity contribution in [2.45, 2.75) is 37.9 Å². The highest BCUT2D eigenvalue weighted by Crippen LogP contribution is 2.29. The van der Waals surface area contributed by atoms with E-state index in [1.54, 1.807) is 18.2 Å². The van der Waals surface area contributed by atoms with Crippen LogP contribution in [0.3, 0.4) is 0 Å². The van der Waals surface area contributed by atoms with Gasteiger partial charge >= 0.3 is 0 Å². The third-order valence-electron chi connectivity index (χ3n) is 3.10. The highest BCUT2D eigenvalue weighted by Gasteiger charge is 2.21. The van der Waals surface area contributed by atoms with Crippen LogP contribution in [0.1, 0.15) is 37.4 Å². The third-order valence-corrected chi connectivity index (χ3v) is 3.71. The van der Waals surface area contributed by atoms with Crippen molar-refractivity contribution >= 4 is 15.9 Å². The van der Waals surface area contributed by atoms with Crippen LogP contribution in [-0.4, -0.2) is 17.8 Å². The van der Waals surface area contributed by atoms with Gasteiger partial charge in [0.05, 0.1) is 16.7 Å². The zero-order valence-electron chi connectivity index (χ0n) is 9.53. The molecule has 0 saturated carbocycles. The first-order chi connectivity index (χ1) is 8.18. The Morgan fingerprint density at radius 3 is 3.00 bits per heavy atom. The van der Waals surface area contributed by atoms with E-state index in [-0.39, 0.29) is 11.9 Å². The summed E-state index contributed by atoms with van der Waals surface area (Å²) < 4.78 is 19.7. The molecule has 1 aliphatic rings. The van der Waals surface area contributed by atoms with Gasteiger partial charge in [-0.2, -0.15) is 0 Å². The minimum atomic E-state index is -0.796. The number of hydrogen-bond acceptors (Lipinski definition) is 2. The summed E-state index contributed by atoms with van der Waals surface area (Å²) in [6, 6.07) is 4.98. The highest BCUT2D eigenvalue weighted by molar-refractivity contribution is 9.10. The van der Waals surface area contributed by atoms with E-state index in [9.17, 15) is 9.50 Å². The Kier molecular flexibility index (Phi) is 4.54. The summed E-state index contributed by atoms with van der Waals surface area (Å²) in [6.07, 6.45) is 2.88. The lowest BCUT2D eigenvalue weighted by Crippen LogP contribution is -2.22. The zero-order valence-corrected chi connectivity index (χ0v) is 11.1. The normalized spacial score (nSPS) is 22.4. The molecule has 94 valence electrons. The minimum Gasteiger partial charge on any atom is -0.388 e. The van der Waals surface area contributed by atoms with Crippen LogP contribution >= 0.6 is 15.9 Å². The van der Waals surface area contributed by atoms with Gasteiger partial charge in [0.1, 0.15) is 5.82 Å². The summed E-state index contributed by atoms with van der Waals surface area (Å²) in [7, 11) is 0. The summed E-state index contributed by atoms with van der Waals surface area (Å²) in [5.41, 5.74) is 0.341. The van der Waals surface area contributed by atoms with Gasteiger partial charge in [-0.1, -0.05) is 12.1 Å². The summed E-state index contributed by atoms with van der Waals surface area (Å²) >= 11 is 3.12. The van der Waals surface area contributed by atoms with Crippen molar-refractivity contribution < 1.29 is 14.2 Å².